The average molecular weight is 561 g/mol. The molecule has 5 rings (SSSR count). The molecule has 0 saturated heterocycles. The first kappa shape index (κ1) is 27.9. The molecule has 212 valence electrons. The second kappa shape index (κ2) is 12.7. The van der Waals surface area contributed by atoms with Gasteiger partial charge < -0.3 is 20.1 Å². The second-order valence-corrected chi connectivity index (χ2v) is 9.46. The summed E-state index contributed by atoms with van der Waals surface area (Å²) in [6, 6.07) is 9.20. The van der Waals surface area contributed by atoms with Crippen molar-refractivity contribution in [2.45, 2.75) is 26.7 Å². The fourth-order valence-corrected chi connectivity index (χ4v) is 4.53. The fourth-order valence-electron chi connectivity index (χ4n) is 4.53. The zero-order valence-corrected chi connectivity index (χ0v) is 23.2. The Morgan fingerprint density at radius 1 is 1.22 bits per heavy atom. The van der Waals surface area contributed by atoms with Gasteiger partial charge in [-0.05, 0) is 25.0 Å². The van der Waals surface area contributed by atoms with Crippen molar-refractivity contribution in [3.8, 4) is 17.2 Å². The summed E-state index contributed by atoms with van der Waals surface area (Å²) in [6.07, 6.45) is 10.5. The van der Waals surface area contributed by atoms with Crippen molar-refractivity contribution in [2.24, 2.45) is 4.99 Å². The molecule has 4 aromatic rings. The molecule has 0 bridgehead atoms. The Kier molecular flexibility index (Phi) is 8.64. The number of unbranched alkanes of at least 4 members (excludes halogenated alkanes) is 1. The molecular formula is C30H32F2N7O2+. The maximum atomic E-state index is 15.4. The minimum absolute atomic E-state index is 0.0917. The van der Waals surface area contributed by atoms with Gasteiger partial charge in [0.2, 0.25) is 11.4 Å². The van der Waals surface area contributed by atoms with Crippen LogP contribution in [0.4, 0.5) is 20.2 Å². The van der Waals surface area contributed by atoms with Crippen LogP contribution in [0.3, 0.4) is 0 Å². The molecule has 11 heteroatoms. The molecule has 0 amide bonds. The van der Waals surface area contributed by atoms with E-state index in [1.807, 2.05) is 25.1 Å². The minimum Gasteiger partial charge on any atom is -0.490 e. The molecule has 3 heterocycles. The van der Waals surface area contributed by atoms with Crippen LogP contribution in [0.15, 0.2) is 66.2 Å². The third kappa shape index (κ3) is 6.25. The Morgan fingerprint density at radius 3 is 2.88 bits per heavy atom. The number of fused-ring (bicyclic) bond motifs is 1. The highest BCUT2D eigenvalue weighted by molar-refractivity contribution is 6.12. The highest BCUT2D eigenvalue weighted by atomic mass is 19.1. The Bertz CT molecular complexity index is 1650. The van der Waals surface area contributed by atoms with Crippen LogP contribution >= 0.6 is 0 Å². The molecule has 2 aromatic heterocycles. The van der Waals surface area contributed by atoms with E-state index in [0.29, 0.717) is 28.5 Å². The first-order valence-corrected chi connectivity index (χ1v) is 13.4. The molecule has 0 radical (unpaired) electrons. The van der Waals surface area contributed by atoms with Crippen LogP contribution < -0.4 is 20.1 Å². The lowest BCUT2D eigenvalue weighted by Gasteiger charge is -2.19. The third-order valence-electron chi connectivity index (χ3n) is 6.60. The van der Waals surface area contributed by atoms with E-state index in [-0.39, 0.29) is 11.4 Å². The molecule has 0 fully saturated rings. The number of allylic oxidation sites excluding steroid dienone is 1. The number of aromatic nitrogens is 3. The molecule has 41 heavy (non-hydrogen) atoms. The SMILES string of the molecule is CCC/C=C/N=C(Nc1cc(F)c(Oc2ccn3ncnc3c2)cc1F)c1c(C)ccc([N+]2=CCNCC2)c1OC. The molecule has 2 aromatic carbocycles. The number of pyridine rings is 1. The molecule has 0 atom stereocenters. The van der Waals surface area contributed by atoms with Crippen molar-refractivity contribution in [3.05, 3.63) is 84.0 Å². The van der Waals surface area contributed by atoms with Gasteiger partial charge in [0.05, 0.1) is 31.5 Å². The van der Waals surface area contributed by atoms with Crippen LogP contribution in [0.25, 0.3) is 5.65 Å². The van der Waals surface area contributed by atoms with Crippen LogP contribution in [0, 0.1) is 18.6 Å². The fraction of sp³-hybridized carbons (Fsp3) is 0.267. The van der Waals surface area contributed by atoms with Gasteiger partial charge in [-0.25, -0.2) is 23.3 Å². The topological polar surface area (TPSA) is 88.1 Å². The van der Waals surface area contributed by atoms with Crippen LogP contribution in [0.5, 0.6) is 17.2 Å². The summed E-state index contributed by atoms with van der Waals surface area (Å²) < 4.78 is 45.9. The van der Waals surface area contributed by atoms with Crippen molar-refractivity contribution in [2.75, 3.05) is 32.1 Å². The lowest BCUT2D eigenvalue weighted by atomic mass is 10.0. The molecule has 2 N–H and O–H groups in total. The van der Waals surface area contributed by atoms with E-state index in [0.717, 1.165) is 55.9 Å². The molecule has 0 unspecified atom stereocenters. The van der Waals surface area contributed by atoms with Gasteiger partial charge in [0.25, 0.3) is 0 Å². The standard InChI is InChI=1S/C30H32F2N7O2/c1-4-5-6-10-34-30(28-20(2)7-8-25(29(28)40-3)38-14-11-33-12-15-38)37-24-17-23(32)26(18-22(24)31)41-21-9-13-39-27(16-21)35-19-36-39/h6-10,13-14,16-19,33H,4-5,11-12,15H2,1-3H3,(H,34,37)/q+1/b10-6+. The quantitative estimate of drug-likeness (QED) is 0.157. The Hall–Kier alpha value is -4.64. The second-order valence-electron chi connectivity index (χ2n) is 9.46. The summed E-state index contributed by atoms with van der Waals surface area (Å²) >= 11 is 0. The molecular weight excluding hydrogens is 528 g/mol. The van der Waals surface area contributed by atoms with E-state index >= 15 is 8.78 Å². The number of halogens is 2. The molecule has 0 spiro atoms. The molecule has 0 saturated carbocycles. The average Bonchev–Trinajstić information content (AvgIpc) is 3.45. The van der Waals surface area contributed by atoms with Crippen LogP contribution in [0.1, 0.15) is 30.9 Å². The van der Waals surface area contributed by atoms with Gasteiger partial charge in [0.1, 0.15) is 17.9 Å². The lowest BCUT2D eigenvalue weighted by molar-refractivity contribution is -0.439. The van der Waals surface area contributed by atoms with Gasteiger partial charge in [0, 0.05) is 36.7 Å². The summed E-state index contributed by atoms with van der Waals surface area (Å²) in [4.78, 5) is 8.72. The number of amidine groups is 1. The van der Waals surface area contributed by atoms with Crippen molar-refractivity contribution in [1.82, 2.24) is 19.9 Å². The van der Waals surface area contributed by atoms with Crippen molar-refractivity contribution in [3.63, 3.8) is 0 Å². The third-order valence-corrected chi connectivity index (χ3v) is 6.60. The first-order valence-electron chi connectivity index (χ1n) is 13.4. The number of nitrogens with one attached hydrogen (secondary N) is 2. The first-order chi connectivity index (χ1) is 20.0. The number of anilines is 1. The predicted octanol–water partition coefficient (Wildman–Crippen LogP) is 5.61. The minimum atomic E-state index is -0.746. The van der Waals surface area contributed by atoms with Gasteiger partial charge in [-0.2, -0.15) is 9.67 Å². The Morgan fingerprint density at radius 2 is 2.10 bits per heavy atom. The normalized spacial score (nSPS) is 14.0. The maximum Gasteiger partial charge on any atom is 0.248 e. The predicted molar refractivity (Wildman–Crippen MR) is 155 cm³/mol. The number of benzene rings is 2. The molecule has 9 nitrogen and oxygen atoms in total. The number of methoxy groups -OCH3 is 1. The zero-order chi connectivity index (χ0) is 28.8. The van der Waals surface area contributed by atoms with Crippen LogP contribution in [-0.2, 0) is 0 Å². The van der Waals surface area contributed by atoms with Crippen molar-refractivity contribution >= 4 is 29.1 Å². The van der Waals surface area contributed by atoms with Gasteiger partial charge in [-0.15, -0.1) is 0 Å². The smallest absolute Gasteiger partial charge is 0.248 e. The zero-order valence-electron chi connectivity index (χ0n) is 23.2. The monoisotopic (exact) mass is 560 g/mol. The summed E-state index contributed by atoms with van der Waals surface area (Å²) in [7, 11) is 1.60. The van der Waals surface area contributed by atoms with Crippen molar-refractivity contribution < 1.29 is 22.8 Å². The number of aryl methyl sites for hydroxylation is 1. The van der Waals surface area contributed by atoms with Gasteiger partial charge in [-0.3, -0.25) is 0 Å². The van der Waals surface area contributed by atoms with Crippen molar-refractivity contribution in [1.29, 1.82) is 0 Å². The number of hydrogen-bond donors (Lipinski definition) is 2. The van der Waals surface area contributed by atoms with E-state index in [1.165, 1.54) is 10.8 Å². The van der Waals surface area contributed by atoms with Crippen LogP contribution in [0.2, 0.25) is 0 Å². The van der Waals surface area contributed by atoms with Gasteiger partial charge >= 0.3 is 0 Å². The Labute approximate surface area is 236 Å². The summed E-state index contributed by atoms with van der Waals surface area (Å²) in [5, 5.41) is 10.3. The molecule has 0 aliphatic carbocycles. The number of nitrogens with zero attached hydrogens (tertiary/aromatic N) is 5. The summed E-state index contributed by atoms with van der Waals surface area (Å²) in [5.74, 6) is -0.503. The van der Waals surface area contributed by atoms with E-state index < -0.39 is 11.6 Å². The Balaban J connectivity index is 1.51. The lowest BCUT2D eigenvalue weighted by Crippen LogP contribution is -2.33. The number of rotatable bonds is 9. The van der Waals surface area contributed by atoms with Crippen LogP contribution in [-0.4, -0.2) is 58.0 Å². The van der Waals surface area contributed by atoms with Gasteiger partial charge in [0.15, 0.2) is 35.8 Å². The van der Waals surface area contributed by atoms with E-state index in [1.54, 1.807) is 31.6 Å². The van der Waals surface area contributed by atoms with Gasteiger partial charge in [-0.1, -0.05) is 25.5 Å². The molecule has 1 aliphatic rings. The number of aliphatic imine (C=N–C) groups is 1. The highest BCUT2D eigenvalue weighted by Crippen LogP contribution is 2.35. The molecule has 1 aliphatic heterocycles. The van der Waals surface area contributed by atoms with E-state index in [9.17, 15) is 0 Å². The van der Waals surface area contributed by atoms with E-state index in [4.69, 9.17) is 9.47 Å². The van der Waals surface area contributed by atoms with E-state index in [2.05, 4.69) is 43.4 Å². The highest BCUT2D eigenvalue weighted by Gasteiger charge is 2.26. The largest absolute Gasteiger partial charge is 0.490 e. The number of hydrogen-bond acceptors (Lipinski definition) is 6. The summed E-state index contributed by atoms with van der Waals surface area (Å²) in [5.41, 5.74) is 2.80. The number of ether oxygens (including phenoxy) is 2. The maximum absolute atomic E-state index is 15.4. The summed E-state index contributed by atoms with van der Waals surface area (Å²) in [6.45, 7) is 6.32.